The maximum Gasteiger partial charge on any atom is 0.146 e. The second-order valence-electron chi connectivity index (χ2n) is 4.72. The van der Waals surface area contributed by atoms with Gasteiger partial charge in [0.25, 0.3) is 0 Å². The zero-order valence-electron chi connectivity index (χ0n) is 11.7. The molecular formula is C15H20N4. The van der Waals surface area contributed by atoms with Crippen LogP contribution in [0.3, 0.4) is 0 Å². The van der Waals surface area contributed by atoms with Gasteiger partial charge in [0.1, 0.15) is 11.6 Å². The molecule has 4 nitrogen and oxygen atoms in total. The van der Waals surface area contributed by atoms with Crippen molar-refractivity contribution in [2.75, 3.05) is 5.43 Å². The number of hydrogen-bond acceptors (Lipinski definition) is 4. The van der Waals surface area contributed by atoms with Crippen LogP contribution in [0.25, 0.3) is 0 Å². The summed E-state index contributed by atoms with van der Waals surface area (Å²) in [5, 5.41) is 0. The number of benzene rings is 1. The fourth-order valence-corrected chi connectivity index (χ4v) is 2.18. The third-order valence-corrected chi connectivity index (χ3v) is 3.21. The Kier molecular flexibility index (Phi) is 4.12. The minimum Gasteiger partial charge on any atom is -0.308 e. The maximum absolute atomic E-state index is 5.52. The molecule has 0 unspecified atom stereocenters. The van der Waals surface area contributed by atoms with Crippen molar-refractivity contribution in [3.05, 3.63) is 52.5 Å². The first-order valence-corrected chi connectivity index (χ1v) is 6.52. The molecule has 4 heteroatoms. The van der Waals surface area contributed by atoms with Crippen LogP contribution in [0.4, 0.5) is 5.82 Å². The first kappa shape index (κ1) is 13.5. The first-order chi connectivity index (χ1) is 9.13. The molecule has 2 rings (SSSR count). The van der Waals surface area contributed by atoms with E-state index in [1.165, 1.54) is 11.1 Å². The highest BCUT2D eigenvalue weighted by atomic mass is 15.3. The van der Waals surface area contributed by atoms with Crippen LogP contribution in [0.2, 0.25) is 0 Å². The van der Waals surface area contributed by atoms with Crippen LogP contribution in [-0.4, -0.2) is 9.97 Å². The fraction of sp³-hybridized carbons (Fsp3) is 0.333. The molecule has 0 spiro atoms. The Labute approximate surface area is 114 Å². The smallest absolute Gasteiger partial charge is 0.146 e. The molecular weight excluding hydrogens is 236 g/mol. The van der Waals surface area contributed by atoms with E-state index >= 15 is 0 Å². The second-order valence-corrected chi connectivity index (χ2v) is 4.72. The molecule has 0 amide bonds. The number of aromatic nitrogens is 2. The predicted octanol–water partition coefficient (Wildman–Crippen LogP) is 2.53. The predicted molar refractivity (Wildman–Crippen MR) is 77.9 cm³/mol. The third kappa shape index (κ3) is 3.09. The molecule has 19 heavy (non-hydrogen) atoms. The van der Waals surface area contributed by atoms with Gasteiger partial charge in [-0.3, -0.25) is 0 Å². The minimum atomic E-state index is 0.717. The quantitative estimate of drug-likeness (QED) is 0.652. The summed E-state index contributed by atoms with van der Waals surface area (Å²) < 4.78 is 0. The van der Waals surface area contributed by atoms with Gasteiger partial charge < -0.3 is 5.43 Å². The largest absolute Gasteiger partial charge is 0.308 e. The Balaban J connectivity index is 2.35. The van der Waals surface area contributed by atoms with E-state index in [0.717, 1.165) is 35.7 Å². The van der Waals surface area contributed by atoms with Crippen LogP contribution >= 0.6 is 0 Å². The Morgan fingerprint density at radius 3 is 2.63 bits per heavy atom. The number of anilines is 1. The lowest BCUT2D eigenvalue weighted by molar-refractivity contribution is 0.887. The molecule has 3 N–H and O–H groups in total. The SMILES string of the molecule is CCc1nc(Cc2cccc(C)c2)nc(NN)c1C. The third-order valence-electron chi connectivity index (χ3n) is 3.21. The summed E-state index contributed by atoms with van der Waals surface area (Å²) in [6, 6.07) is 8.40. The van der Waals surface area contributed by atoms with Gasteiger partial charge in [-0.1, -0.05) is 36.8 Å². The molecule has 0 aliphatic heterocycles. The van der Waals surface area contributed by atoms with Crippen molar-refractivity contribution >= 4 is 5.82 Å². The van der Waals surface area contributed by atoms with Crippen molar-refractivity contribution in [3.63, 3.8) is 0 Å². The van der Waals surface area contributed by atoms with Crippen LogP contribution in [0.1, 0.15) is 35.1 Å². The van der Waals surface area contributed by atoms with Crippen molar-refractivity contribution in [1.82, 2.24) is 9.97 Å². The summed E-state index contributed by atoms with van der Waals surface area (Å²) in [6.07, 6.45) is 1.60. The Hall–Kier alpha value is -1.94. The maximum atomic E-state index is 5.52. The molecule has 100 valence electrons. The fourth-order valence-electron chi connectivity index (χ4n) is 2.18. The molecule has 1 aromatic carbocycles. The van der Waals surface area contributed by atoms with Crippen molar-refractivity contribution in [2.45, 2.75) is 33.6 Å². The van der Waals surface area contributed by atoms with Crippen LogP contribution in [0.15, 0.2) is 24.3 Å². The Morgan fingerprint density at radius 1 is 1.21 bits per heavy atom. The van der Waals surface area contributed by atoms with E-state index < -0.39 is 0 Å². The van der Waals surface area contributed by atoms with Crippen molar-refractivity contribution in [1.29, 1.82) is 0 Å². The molecule has 1 heterocycles. The normalized spacial score (nSPS) is 10.5. The zero-order valence-corrected chi connectivity index (χ0v) is 11.7. The molecule has 0 fully saturated rings. The highest BCUT2D eigenvalue weighted by Crippen LogP contribution is 2.17. The summed E-state index contributed by atoms with van der Waals surface area (Å²) in [4.78, 5) is 9.09. The van der Waals surface area contributed by atoms with E-state index in [2.05, 4.69) is 53.5 Å². The van der Waals surface area contributed by atoms with E-state index in [-0.39, 0.29) is 0 Å². The van der Waals surface area contributed by atoms with Gasteiger partial charge in [-0.15, -0.1) is 0 Å². The van der Waals surface area contributed by atoms with Crippen LogP contribution < -0.4 is 11.3 Å². The summed E-state index contributed by atoms with van der Waals surface area (Å²) >= 11 is 0. The number of nitrogen functional groups attached to an aromatic ring is 1. The Bertz CT molecular complexity index is 553. The average molecular weight is 256 g/mol. The van der Waals surface area contributed by atoms with Gasteiger partial charge in [-0.05, 0) is 25.8 Å². The Morgan fingerprint density at radius 2 is 2.00 bits per heavy atom. The van der Waals surface area contributed by atoms with Gasteiger partial charge in [0.15, 0.2) is 0 Å². The topological polar surface area (TPSA) is 63.8 Å². The lowest BCUT2D eigenvalue weighted by Gasteiger charge is -2.11. The second kappa shape index (κ2) is 5.80. The van der Waals surface area contributed by atoms with Crippen molar-refractivity contribution in [3.8, 4) is 0 Å². The molecule has 1 aromatic heterocycles. The number of hydrazine groups is 1. The standard InChI is InChI=1S/C15H20N4/c1-4-13-11(3)15(19-16)18-14(17-13)9-12-7-5-6-10(2)8-12/h5-8H,4,9,16H2,1-3H3,(H,17,18,19). The van der Waals surface area contributed by atoms with Gasteiger partial charge in [0, 0.05) is 17.7 Å². The van der Waals surface area contributed by atoms with E-state index in [9.17, 15) is 0 Å². The van der Waals surface area contributed by atoms with E-state index in [4.69, 9.17) is 5.84 Å². The van der Waals surface area contributed by atoms with Crippen LogP contribution in [0, 0.1) is 13.8 Å². The van der Waals surface area contributed by atoms with Crippen LogP contribution in [-0.2, 0) is 12.8 Å². The van der Waals surface area contributed by atoms with Crippen molar-refractivity contribution < 1.29 is 0 Å². The van der Waals surface area contributed by atoms with Gasteiger partial charge in [-0.2, -0.15) is 0 Å². The molecule has 2 aromatic rings. The summed E-state index contributed by atoms with van der Waals surface area (Å²) in [5.74, 6) is 7.04. The molecule has 0 atom stereocenters. The summed E-state index contributed by atoms with van der Waals surface area (Å²) in [7, 11) is 0. The van der Waals surface area contributed by atoms with E-state index in [1.807, 2.05) is 6.92 Å². The number of hydrogen-bond donors (Lipinski definition) is 2. The minimum absolute atomic E-state index is 0.717. The molecule has 0 saturated carbocycles. The van der Waals surface area contributed by atoms with Gasteiger partial charge >= 0.3 is 0 Å². The number of nitrogens with two attached hydrogens (primary N) is 1. The summed E-state index contributed by atoms with van der Waals surface area (Å²) in [5.41, 5.74) is 7.19. The number of aryl methyl sites for hydroxylation is 2. The van der Waals surface area contributed by atoms with Crippen LogP contribution in [0.5, 0.6) is 0 Å². The highest BCUT2D eigenvalue weighted by molar-refractivity contribution is 5.45. The zero-order chi connectivity index (χ0) is 13.8. The van der Waals surface area contributed by atoms with E-state index in [1.54, 1.807) is 0 Å². The number of rotatable bonds is 4. The lowest BCUT2D eigenvalue weighted by Crippen LogP contribution is -2.14. The van der Waals surface area contributed by atoms with Gasteiger partial charge in [0.05, 0.1) is 0 Å². The van der Waals surface area contributed by atoms with Crippen molar-refractivity contribution in [2.24, 2.45) is 5.84 Å². The van der Waals surface area contributed by atoms with Gasteiger partial charge in [0.2, 0.25) is 0 Å². The van der Waals surface area contributed by atoms with E-state index in [0.29, 0.717) is 0 Å². The average Bonchev–Trinajstić information content (AvgIpc) is 2.40. The molecule has 0 bridgehead atoms. The molecule has 0 aliphatic rings. The lowest BCUT2D eigenvalue weighted by atomic mass is 10.1. The monoisotopic (exact) mass is 256 g/mol. The molecule has 0 radical (unpaired) electrons. The molecule has 0 saturated heterocycles. The number of nitrogens with one attached hydrogen (secondary N) is 1. The highest BCUT2D eigenvalue weighted by Gasteiger charge is 2.09. The summed E-state index contributed by atoms with van der Waals surface area (Å²) in [6.45, 7) is 6.17. The number of nitrogens with zero attached hydrogens (tertiary/aromatic N) is 2. The first-order valence-electron chi connectivity index (χ1n) is 6.52. The van der Waals surface area contributed by atoms with Gasteiger partial charge in [-0.25, -0.2) is 15.8 Å². The molecule has 0 aliphatic carbocycles.